The summed E-state index contributed by atoms with van der Waals surface area (Å²) in [5.41, 5.74) is 0. The quantitative estimate of drug-likeness (QED) is 0.383. The molecule has 0 amide bonds. The Morgan fingerprint density at radius 1 is 1.25 bits per heavy atom. The second-order valence-corrected chi connectivity index (χ2v) is 0. The summed E-state index contributed by atoms with van der Waals surface area (Å²) in [5, 5.41) is 0. The fraction of sp³-hybridized carbons (Fsp3) is 0. The predicted molar refractivity (Wildman–Crippen MR) is 18.8 cm³/mol. The average molecular weight is 204 g/mol. The third-order valence-electron chi connectivity index (χ3n) is 0. The van der Waals surface area contributed by atoms with Crippen molar-refractivity contribution in [2.45, 2.75) is 0 Å². The minimum Gasteiger partial charge on any atom is -1.00 e. The van der Waals surface area contributed by atoms with Gasteiger partial charge < -0.3 is 4.28 Å². The Morgan fingerprint density at radius 2 is 1.25 bits per heavy atom. The predicted octanol–water partition coefficient (Wildman–Crippen LogP) is -2.46. The van der Waals surface area contributed by atoms with Gasteiger partial charge in [-0.1, -0.05) is 0 Å². The molecule has 0 aliphatic rings. The Hall–Kier alpha value is 2.39. The first-order valence-corrected chi connectivity index (χ1v) is 0. The van der Waals surface area contributed by atoms with Gasteiger partial charge in [-0.2, -0.15) is 0 Å². The van der Waals surface area contributed by atoms with Crippen LogP contribution in [0.15, 0.2) is 0 Å². The number of hydrogen-bond acceptors (Lipinski definition) is 0. The molecule has 0 aromatic carbocycles. The maximum absolute atomic E-state index is 0. The van der Waals surface area contributed by atoms with Crippen LogP contribution >= 0.6 is 12.4 Å². The molecule has 0 rings (SSSR count). The van der Waals surface area contributed by atoms with Gasteiger partial charge in [-0.25, -0.2) is 0 Å². The Labute approximate surface area is 87.6 Å². The van der Waals surface area contributed by atoms with Gasteiger partial charge in [0.1, 0.15) is 0 Å². The molecule has 0 unspecified atom stereocenters. The van der Waals surface area contributed by atoms with Gasteiger partial charge in [-0.05, 0) is 0 Å². The number of rotatable bonds is 0. The van der Waals surface area contributed by atoms with Crippen LogP contribution in [0.1, 0.15) is 4.28 Å². The third kappa shape index (κ3) is 8.83. The van der Waals surface area contributed by atoms with Crippen molar-refractivity contribution in [2.75, 3.05) is 0 Å². The Bertz CT molecular complexity index is 14.9. The molecule has 0 atom stereocenters. The van der Waals surface area contributed by atoms with E-state index >= 15 is 0 Å². The minimum atomic E-state index is 0. The molecule has 4 heavy (non-hydrogen) atoms. The maximum Gasteiger partial charge on any atom is 2.00 e. The SMILES string of the molecule is Cl.F.[Ba+2].[H-].[H-].[H-].[Li+]. The van der Waals surface area contributed by atoms with E-state index < -0.39 is 0 Å². The monoisotopic (exact) mass is 204 g/mol. The van der Waals surface area contributed by atoms with E-state index in [0.29, 0.717) is 0 Å². The molecule has 0 aromatic heterocycles. The number of hydrogen-bond donors (Lipinski definition) is 0. The van der Waals surface area contributed by atoms with Gasteiger partial charge >= 0.3 is 67.7 Å². The molecule has 0 nitrogen and oxygen atoms in total. The zero-order valence-electron chi connectivity index (χ0n) is 5.52. The van der Waals surface area contributed by atoms with E-state index in [2.05, 4.69) is 0 Å². The smallest absolute Gasteiger partial charge is 1.00 e. The fourth-order valence-electron chi connectivity index (χ4n) is 0. The topological polar surface area (TPSA) is 0 Å². The molecule has 0 saturated heterocycles. The van der Waals surface area contributed by atoms with Crippen molar-refractivity contribution in [1.29, 1.82) is 0 Å². The van der Waals surface area contributed by atoms with E-state index in [1.54, 1.807) is 0 Å². The first-order chi connectivity index (χ1) is 0. The molecule has 0 radical (unpaired) electrons. The van der Waals surface area contributed by atoms with Crippen molar-refractivity contribution in [3.8, 4) is 0 Å². The van der Waals surface area contributed by atoms with Crippen molar-refractivity contribution >= 4 is 61.3 Å². The van der Waals surface area contributed by atoms with Crippen molar-refractivity contribution in [3.63, 3.8) is 0 Å². The van der Waals surface area contributed by atoms with Crippen molar-refractivity contribution < 1.29 is 27.8 Å². The van der Waals surface area contributed by atoms with Crippen LogP contribution in [-0.4, -0.2) is 48.9 Å². The van der Waals surface area contributed by atoms with Gasteiger partial charge in [0.15, 0.2) is 0 Å². The Morgan fingerprint density at radius 3 is 1.25 bits per heavy atom. The third-order valence-corrected chi connectivity index (χ3v) is 0. The van der Waals surface area contributed by atoms with E-state index in [-0.39, 0.29) is 89.1 Å². The van der Waals surface area contributed by atoms with Gasteiger partial charge in [0.05, 0.1) is 0 Å². The van der Waals surface area contributed by atoms with E-state index in [0.717, 1.165) is 0 Å². The fourth-order valence-corrected chi connectivity index (χ4v) is 0. The average Bonchev–Trinajstić information content (AvgIpc) is 0. The van der Waals surface area contributed by atoms with Crippen LogP contribution in [-0.2, 0) is 0 Å². The number of halogens is 2. The molecule has 0 N–H and O–H groups in total. The van der Waals surface area contributed by atoms with Crippen LogP contribution in [0.4, 0.5) is 4.70 Å². The molecule has 0 bridgehead atoms. The molecule has 0 fully saturated rings. The maximum atomic E-state index is 0. The van der Waals surface area contributed by atoms with Crippen molar-refractivity contribution in [1.82, 2.24) is 0 Å². The molecular formula is H5BaClFLi. The summed E-state index contributed by atoms with van der Waals surface area (Å²) in [6.07, 6.45) is 0. The van der Waals surface area contributed by atoms with E-state index in [9.17, 15) is 0 Å². The van der Waals surface area contributed by atoms with Crippen LogP contribution in [0.5, 0.6) is 0 Å². The summed E-state index contributed by atoms with van der Waals surface area (Å²) in [7, 11) is 0. The Kier molecular flexibility index (Phi) is 148. The molecule has 0 heterocycles. The molecular weight excluding hydrogens is 199 g/mol. The van der Waals surface area contributed by atoms with Crippen LogP contribution in [0, 0.1) is 0 Å². The second-order valence-electron chi connectivity index (χ2n) is 0. The molecule has 0 spiro atoms. The minimum absolute atomic E-state index is 0. The molecule has 0 aliphatic carbocycles. The molecule has 0 aliphatic heterocycles. The Balaban J connectivity index is 0. The van der Waals surface area contributed by atoms with Crippen molar-refractivity contribution in [3.05, 3.63) is 0 Å². The standard InChI is InChI=1S/Ba.ClH.FH.Li.3H/h;2*1H;;;;/q+2;;;+1;3*-1. The van der Waals surface area contributed by atoms with Gasteiger partial charge in [0.25, 0.3) is 0 Å². The van der Waals surface area contributed by atoms with Gasteiger partial charge in [-0.3, -0.25) is 4.70 Å². The second kappa shape index (κ2) is 18.2. The first-order valence-electron chi connectivity index (χ1n) is 0. The van der Waals surface area contributed by atoms with Crippen LogP contribution in [0.3, 0.4) is 0 Å². The molecule has 0 aromatic rings. The summed E-state index contributed by atoms with van der Waals surface area (Å²) in [5.74, 6) is 0. The summed E-state index contributed by atoms with van der Waals surface area (Å²) in [4.78, 5) is 0. The normalized spacial score (nSPS) is 0. The summed E-state index contributed by atoms with van der Waals surface area (Å²) < 4.78 is 0. The van der Waals surface area contributed by atoms with E-state index in [1.165, 1.54) is 0 Å². The van der Waals surface area contributed by atoms with Gasteiger partial charge in [0.2, 0.25) is 0 Å². The van der Waals surface area contributed by atoms with Crippen molar-refractivity contribution in [2.24, 2.45) is 0 Å². The zero-order chi connectivity index (χ0) is 0. The molecule has 22 valence electrons. The zero-order valence-corrected chi connectivity index (χ0v) is 7.78. The first kappa shape index (κ1) is 32.5. The largest absolute Gasteiger partial charge is 2.00 e. The summed E-state index contributed by atoms with van der Waals surface area (Å²) in [6.45, 7) is 0. The molecule has 0 saturated carbocycles. The van der Waals surface area contributed by atoms with Gasteiger partial charge in [-0.15, -0.1) is 12.4 Å². The van der Waals surface area contributed by atoms with Crippen LogP contribution in [0.2, 0.25) is 0 Å². The summed E-state index contributed by atoms with van der Waals surface area (Å²) in [6, 6.07) is 0. The van der Waals surface area contributed by atoms with E-state index in [1.807, 2.05) is 0 Å². The van der Waals surface area contributed by atoms with Gasteiger partial charge in [0, 0.05) is 0 Å². The van der Waals surface area contributed by atoms with Crippen LogP contribution < -0.4 is 18.9 Å². The molecule has 4 heteroatoms. The summed E-state index contributed by atoms with van der Waals surface area (Å²) >= 11 is 0. The van der Waals surface area contributed by atoms with E-state index in [4.69, 9.17) is 0 Å². The van der Waals surface area contributed by atoms with Crippen LogP contribution in [0.25, 0.3) is 0 Å².